The molecule has 2 aromatic rings. The average molecular weight is 448 g/mol. The highest BCUT2D eigenvalue weighted by Crippen LogP contribution is 2.33. The van der Waals surface area contributed by atoms with Crippen LogP contribution < -0.4 is 5.32 Å². The number of hydrogen-bond donors (Lipinski definition) is 2. The normalized spacial score (nSPS) is 15.0. The van der Waals surface area contributed by atoms with Gasteiger partial charge in [-0.25, -0.2) is 13.2 Å². The Morgan fingerprint density at radius 1 is 1.17 bits per heavy atom. The van der Waals surface area contributed by atoms with Gasteiger partial charge in [0.1, 0.15) is 5.76 Å². The maximum Gasteiger partial charge on any atom is 0.416 e. The number of sulfone groups is 1. The van der Waals surface area contributed by atoms with Crippen LogP contribution in [0.1, 0.15) is 51.4 Å². The van der Waals surface area contributed by atoms with E-state index in [9.17, 15) is 26.4 Å². The number of halogens is 3. The van der Waals surface area contributed by atoms with Crippen molar-refractivity contribution in [2.45, 2.75) is 61.8 Å². The molecule has 1 aromatic heterocycles. The molecule has 2 N–H and O–H groups in total. The molecule has 0 atom stereocenters. The fraction of sp³-hybridized carbons (Fsp3) is 0.474. The van der Waals surface area contributed by atoms with Gasteiger partial charge in [-0.05, 0) is 37.1 Å². The molecular weight excluding hydrogens is 425 g/mol. The Hall–Kier alpha value is -2.56. The molecule has 0 bridgehead atoms. The maximum absolute atomic E-state index is 12.3. The van der Waals surface area contributed by atoms with Crippen LogP contribution in [0.15, 0.2) is 39.8 Å². The molecular formula is C19H23F3N2O5S. The number of carbonyl (C=O) groups is 1. The van der Waals surface area contributed by atoms with E-state index < -0.39 is 32.9 Å². The number of alkyl halides is 3. The van der Waals surface area contributed by atoms with E-state index in [4.69, 9.17) is 9.63 Å². The lowest BCUT2D eigenvalue weighted by Gasteiger charge is -2.25. The number of nitrogens with one attached hydrogen (secondary N) is 1. The minimum atomic E-state index is -4.43. The Kier molecular flexibility index (Phi) is 6.85. The zero-order chi connectivity index (χ0) is 22.7. The molecule has 1 aliphatic carbocycles. The number of benzene rings is 1. The zero-order valence-electron chi connectivity index (χ0n) is 16.7. The van der Waals surface area contributed by atoms with Crippen molar-refractivity contribution in [3.8, 4) is 0 Å². The molecule has 3 rings (SSSR count). The molecule has 1 aromatic carbocycles. The third-order valence-corrected chi connectivity index (χ3v) is 6.76. The Morgan fingerprint density at radius 3 is 2.10 bits per heavy atom. The summed E-state index contributed by atoms with van der Waals surface area (Å²) >= 11 is 0. The van der Waals surface area contributed by atoms with Crippen molar-refractivity contribution in [3.63, 3.8) is 0 Å². The first-order chi connectivity index (χ1) is 13.7. The Bertz CT molecular complexity index is 973. The average Bonchev–Trinajstić information content (AvgIpc) is 3.01. The maximum atomic E-state index is 12.3. The summed E-state index contributed by atoms with van der Waals surface area (Å²) in [5, 5.41) is 13.6. The quantitative estimate of drug-likeness (QED) is 0.677. The predicted molar refractivity (Wildman–Crippen MR) is 103 cm³/mol. The van der Waals surface area contributed by atoms with Gasteiger partial charge in [-0.1, -0.05) is 32.3 Å². The second-order valence-electron chi connectivity index (χ2n) is 7.88. The van der Waals surface area contributed by atoms with Gasteiger partial charge >= 0.3 is 12.3 Å². The molecule has 30 heavy (non-hydrogen) atoms. The van der Waals surface area contributed by atoms with Crippen LogP contribution in [0.3, 0.4) is 0 Å². The van der Waals surface area contributed by atoms with E-state index in [2.05, 4.69) is 10.5 Å². The monoisotopic (exact) mass is 448 g/mol. The van der Waals surface area contributed by atoms with Crippen molar-refractivity contribution in [1.29, 1.82) is 0 Å². The Labute approximate surface area is 172 Å². The summed E-state index contributed by atoms with van der Waals surface area (Å²) in [5.74, 6) is 0.869. The smallest absolute Gasteiger partial charge is 0.416 e. The van der Waals surface area contributed by atoms with Gasteiger partial charge < -0.3 is 9.63 Å². The standard InChI is InChI=1S/C11H11F3O2S.C8H12N2O3/c12-11(13,14)8-4-6-10(7-5-8)17(15,16)9-2-1-3-9;1-8(2,3)5-4-6(10-13-5)9-7(11)12/h4-7,9H,1-3H2;4H,1-3H3,(H,9,10)(H,11,12). The van der Waals surface area contributed by atoms with E-state index in [0.717, 1.165) is 30.7 Å². The van der Waals surface area contributed by atoms with Crippen molar-refractivity contribution in [2.75, 3.05) is 5.32 Å². The molecule has 1 saturated carbocycles. The lowest BCUT2D eigenvalue weighted by Crippen LogP contribution is -2.28. The van der Waals surface area contributed by atoms with Crippen LogP contribution in [0.2, 0.25) is 0 Å². The van der Waals surface area contributed by atoms with Crippen molar-refractivity contribution >= 4 is 21.7 Å². The van der Waals surface area contributed by atoms with E-state index in [0.29, 0.717) is 18.6 Å². The molecule has 166 valence electrons. The van der Waals surface area contributed by atoms with Gasteiger partial charge in [-0.2, -0.15) is 13.2 Å². The van der Waals surface area contributed by atoms with E-state index >= 15 is 0 Å². The van der Waals surface area contributed by atoms with Gasteiger partial charge in [0.05, 0.1) is 15.7 Å². The summed E-state index contributed by atoms with van der Waals surface area (Å²) in [6.07, 6.45) is -3.51. The minimum Gasteiger partial charge on any atom is -0.465 e. The summed E-state index contributed by atoms with van der Waals surface area (Å²) in [4.78, 5) is 10.2. The van der Waals surface area contributed by atoms with Crippen molar-refractivity contribution in [1.82, 2.24) is 5.16 Å². The van der Waals surface area contributed by atoms with E-state index in [1.807, 2.05) is 20.8 Å². The molecule has 0 aliphatic heterocycles. The number of hydrogen-bond acceptors (Lipinski definition) is 5. The van der Waals surface area contributed by atoms with Crippen molar-refractivity contribution in [2.24, 2.45) is 0 Å². The third kappa shape index (κ3) is 5.97. The minimum absolute atomic E-state index is 0.0183. The lowest BCUT2D eigenvalue weighted by molar-refractivity contribution is -0.137. The molecule has 0 saturated heterocycles. The number of aromatic nitrogens is 1. The fourth-order valence-corrected chi connectivity index (χ4v) is 4.36. The number of carboxylic acid groups (broad SMARTS) is 1. The first-order valence-electron chi connectivity index (χ1n) is 9.09. The highest BCUT2D eigenvalue weighted by atomic mass is 32.2. The second-order valence-corrected chi connectivity index (χ2v) is 10.1. The van der Waals surface area contributed by atoms with E-state index in [1.165, 1.54) is 0 Å². The van der Waals surface area contributed by atoms with Gasteiger partial charge in [-0.3, -0.25) is 5.32 Å². The lowest BCUT2D eigenvalue weighted by atomic mass is 9.93. The van der Waals surface area contributed by atoms with Crippen LogP contribution in [0.25, 0.3) is 0 Å². The molecule has 7 nitrogen and oxygen atoms in total. The van der Waals surface area contributed by atoms with Gasteiger partial charge in [-0.15, -0.1) is 0 Å². The van der Waals surface area contributed by atoms with E-state index in [-0.39, 0.29) is 16.1 Å². The number of nitrogens with zero attached hydrogens (tertiary/aromatic N) is 1. The molecule has 0 spiro atoms. The third-order valence-electron chi connectivity index (χ3n) is 4.49. The van der Waals surface area contributed by atoms with Crippen LogP contribution >= 0.6 is 0 Å². The van der Waals surface area contributed by atoms with Gasteiger partial charge in [0.15, 0.2) is 15.7 Å². The summed E-state index contributed by atoms with van der Waals surface area (Å²) in [7, 11) is -3.43. The molecule has 1 aliphatic rings. The van der Waals surface area contributed by atoms with E-state index in [1.54, 1.807) is 6.07 Å². The van der Waals surface area contributed by atoms with Crippen LogP contribution in [-0.2, 0) is 21.4 Å². The molecule has 1 heterocycles. The predicted octanol–water partition coefficient (Wildman–Crippen LogP) is 5.09. The highest BCUT2D eigenvalue weighted by Gasteiger charge is 2.34. The topological polar surface area (TPSA) is 110 Å². The first-order valence-corrected chi connectivity index (χ1v) is 10.6. The van der Waals surface area contributed by atoms with Gasteiger partial charge in [0, 0.05) is 11.5 Å². The Balaban J connectivity index is 0.000000222. The second kappa shape index (κ2) is 8.66. The van der Waals surface area contributed by atoms with Crippen LogP contribution in [0.4, 0.5) is 23.8 Å². The number of amides is 1. The molecule has 1 fully saturated rings. The largest absolute Gasteiger partial charge is 0.465 e. The summed E-state index contributed by atoms with van der Waals surface area (Å²) in [5.41, 5.74) is -0.990. The highest BCUT2D eigenvalue weighted by molar-refractivity contribution is 7.92. The number of rotatable bonds is 3. The molecule has 11 heteroatoms. The zero-order valence-corrected chi connectivity index (χ0v) is 17.5. The molecule has 1 amide bonds. The summed E-state index contributed by atoms with van der Waals surface area (Å²) in [6, 6.07) is 5.28. The summed E-state index contributed by atoms with van der Waals surface area (Å²) in [6.45, 7) is 5.87. The Morgan fingerprint density at radius 2 is 1.73 bits per heavy atom. The van der Waals surface area contributed by atoms with Crippen LogP contribution in [0.5, 0.6) is 0 Å². The van der Waals surface area contributed by atoms with Gasteiger partial charge in [0.25, 0.3) is 0 Å². The van der Waals surface area contributed by atoms with Crippen LogP contribution in [-0.4, -0.2) is 30.0 Å². The summed E-state index contributed by atoms with van der Waals surface area (Å²) < 4.78 is 65.7. The molecule has 0 unspecified atom stereocenters. The number of anilines is 1. The first kappa shape index (κ1) is 23.7. The van der Waals surface area contributed by atoms with Crippen molar-refractivity contribution in [3.05, 3.63) is 41.7 Å². The fourth-order valence-electron chi connectivity index (χ4n) is 2.50. The van der Waals surface area contributed by atoms with Gasteiger partial charge in [0.2, 0.25) is 0 Å². The van der Waals surface area contributed by atoms with Crippen LogP contribution in [0, 0.1) is 0 Å². The van der Waals surface area contributed by atoms with Crippen molar-refractivity contribution < 1.29 is 36.0 Å². The SMILES string of the molecule is CC(C)(C)c1cc(NC(=O)O)no1.O=S(=O)(c1ccc(C(F)(F)F)cc1)C1CCC1. The molecule has 0 radical (unpaired) electrons.